The fourth-order valence-electron chi connectivity index (χ4n) is 2.45. The Labute approximate surface area is 128 Å². The van der Waals surface area contributed by atoms with Gasteiger partial charge in [0.1, 0.15) is 4.90 Å². The quantitative estimate of drug-likeness (QED) is 0.798. The molecule has 0 bridgehead atoms. The largest absolute Gasteiger partial charge is 0.352 e. The molecule has 0 saturated heterocycles. The predicted molar refractivity (Wildman–Crippen MR) is 84.5 cm³/mol. The Morgan fingerprint density at radius 2 is 2.10 bits per heavy atom. The van der Waals surface area contributed by atoms with Crippen LogP contribution in [0.2, 0.25) is 0 Å². The van der Waals surface area contributed by atoms with Crippen molar-refractivity contribution in [1.82, 2.24) is 14.2 Å². The number of hydrogen-bond donors (Lipinski definition) is 1. The van der Waals surface area contributed by atoms with Gasteiger partial charge in [0, 0.05) is 38.1 Å². The second-order valence-corrected chi connectivity index (χ2v) is 8.15. The molecule has 0 amide bonds. The van der Waals surface area contributed by atoms with E-state index in [0.29, 0.717) is 23.9 Å². The molecule has 1 aliphatic carbocycles. The van der Waals surface area contributed by atoms with Crippen molar-refractivity contribution in [2.45, 2.75) is 51.1 Å². The van der Waals surface area contributed by atoms with Crippen LogP contribution in [0.15, 0.2) is 17.2 Å². The highest BCUT2D eigenvalue weighted by molar-refractivity contribution is 7.89. The summed E-state index contributed by atoms with van der Waals surface area (Å²) in [7, 11) is -1.48. The van der Waals surface area contributed by atoms with Gasteiger partial charge >= 0.3 is 0 Å². The third kappa shape index (κ3) is 3.87. The lowest BCUT2D eigenvalue weighted by atomic mass is 10.2. The lowest BCUT2D eigenvalue weighted by molar-refractivity contribution is 0.360. The summed E-state index contributed by atoms with van der Waals surface area (Å²) in [6.07, 6.45) is 3.71. The van der Waals surface area contributed by atoms with Gasteiger partial charge in [0.2, 0.25) is 10.0 Å². The molecule has 120 valence electrons. The van der Waals surface area contributed by atoms with Crippen LogP contribution in [0.25, 0.3) is 0 Å². The number of nitrogens with zero attached hydrogens (tertiary/aromatic N) is 2. The van der Waals surface area contributed by atoms with E-state index < -0.39 is 10.0 Å². The van der Waals surface area contributed by atoms with Crippen molar-refractivity contribution >= 4 is 10.0 Å². The van der Waals surface area contributed by atoms with Crippen molar-refractivity contribution in [2.75, 3.05) is 13.1 Å². The molecule has 1 saturated carbocycles. The normalized spacial score (nSPS) is 16.1. The second-order valence-electron chi connectivity index (χ2n) is 6.26. The first-order valence-electron chi connectivity index (χ1n) is 7.74. The number of hydrogen-bond acceptors (Lipinski definition) is 3. The average Bonchev–Trinajstić information content (AvgIpc) is 3.17. The molecule has 0 unspecified atom stereocenters. The van der Waals surface area contributed by atoms with Gasteiger partial charge in [-0.25, -0.2) is 8.42 Å². The van der Waals surface area contributed by atoms with Crippen molar-refractivity contribution in [3.05, 3.63) is 18.0 Å². The van der Waals surface area contributed by atoms with E-state index in [9.17, 15) is 8.42 Å². The van der Waals surface area contributed by atoms with Gasteiger partial charge in [-0.2, -0.15) is 4.31 Å². The molecular formula is C15H27N3O2S. The van der Waals surface area contributed by atoms with Crippen LogP contribution in [0.5, 0.6) is 0 Å². The summed E-state index contributed by atoms with van der Waals surface area (Å²) < 4.78 is 29.4. The molecule has 6 heteroatoms. The SMILES string of the molecule is CCNCc1cc(S(=O)(=O)N(CC(C)C)C2CC2)cn1C. The maximum Gasteiger partial charge on any atom is 0.244 e. The first kappa shape index (κ1) is 16.5. The van der Waals surface area contributed by atoms with Crippen LogP contribution in [0, 0.1) is 5.92 Å². The fourth-order valence-corrected chi connectivity index (χ4v) is 4.39. The minimum atomic E-state index is -3.37. The average molecular weight is 313 g/mol. The van der Waals surface area contributed by atoms with Crippen molar-refractivity contribution in [3.63, 3.8) is 0 Å². The van der Waals surface area contributed by atoms with Crippen molar-refractivity contribution in [2.24, 2.45) is 13.0 Å². The highest BCUT2D eigenvalue weighted by Crippen LogP contribution is 2.33. The van der Waals surface area contributed by atoms with Crippen LogP contribution in [-0.4, -0.2) is 36.4 Å². The molecule has 0 spiro atoms. The number of sulfonamides is 1. The molecule has 2 rings (SSSR count). The lowest BCUT2D eigenvalue weighted by Crippen LogP contribution is -2.35. The smallest absolute Gasteiger partial charge is 0.244 e. The zero-order chi connectivity index (χ0) is 15.6. The molecule has 5 nitrogen and oxygen atoms in total. The summed E-state index contributed by atoms with van der Waals surface area (Å²) in [6, 6.07) is 2.00. The van der Waals surface area contributed by atoms with Crippen LogP contribution < -0.4 is 5.32 Å². The van der Waals surface area contributed by atoms with Crippen LogP contribution >= 0.6 is 0 Å². The first-order valence-corrected chi connectivity index (χ1v) is 9.18. The van der Waals surface area contributed by atoms with Crippen LogP contribution in [-0.2, 0) is 23.6 Å². The summed E-state index contributed by atoms with van der Waals surface area (Å²) in [5, 5.41) is 3.24. The molecule has 1 aromatic heterocycles. The molecular weight excluding hydrogens is 286 g/mol. The Kier molecular flexibility index (Phi) is 5.11. The summed E-state index contributed by atoms with van der Waals surface area (Å²) in [5.41, 5.74) is 0.996. The number of nitrogens with one attached hydrogen (secondary N) is 1. The number of aromatic nitrogens is 1. The zero-order valence-electron chi connectivity index (χ0n) is 13.5. The standard InChI is InChI=1S/C15H27N3O2S/c1-5-16-9-14-8-15(11-17(14)4)21(19,20)18(10-12(2)3)13-6-7-13/h8,11-13,16H,5-7,9-10H2,1-4H3. The van der Waals surface area contributed by atoms with E-state index in [1.165, 1.54) is 0 Å². The van der Waals surface area contributed by atoms with E-state index in [1.54, 1.807) is 16.6 Å². The van der Waals surface area contributed by atoms with Gasteiger partial charge < -0.3 is 9.88 Å². The number of rotatable bonds is 8. The van der Waals surface area contributed by atoms with E-state index in [-0.39, 0.29) is 6.04 Å². The monoisotopic (exact) mass is 313 g/mol. The molecule has 0 aliphatic heterocycles. The lowest BCUT2D eigenvalue weighted by Gasteiger charge is -2.23. The maximum absolute atomic E-state index is 12.9. The minimum Gasteiger partial charge on any atom is -0.352 e. The van der Waals surface area contributed by atoms with Crippen LogP contribution in [0.3, 0.4) is 0 Å². The second kappa shape index (κ2) is 6.50. The fraction of sp³-hybridized carbons (Fsp3) is 0.733. The van der Waals surface area contributed by atoms with Gasteiger partial charge in [0.05, 0.1) is 0 Å². The Morgan fingerprint density at radius 3 is 2.62 bits per heavy atom. The van der Waals surface area contributed by atoms with E-state index in [0.717, 1.165) is 25.1 Å². The van der Waals surface area contributed by atoms with Gasteiger partial charge in [-0.1, -0.05) is 20.8 Å². The minimum absolute atomic E-state index is 0.204. The summed E-state index contributed by atoms with van der Waals surface area (Å²) in [4.78, 5) is 0.422. The van der Waals surface area contributed by atoms with Gasteiger partial charge in [-0.3, -0.25) is 0 Å². The predicted octanol–water partition coefficient (Wildman–Crippen LogP) is 1.94. The molecule has 21 heavy (non-hydrogen) atoms. The summed E-state index contributed by atoms with van der Waals surface area (Å²) >= 11 is 0. The van der Waals surface area contributed by atoms with Gasteiger partial charge in [-0.05, 0) is 31.4 Å². The molecule has 1 aliphatic rings. The molecule has 1 N–H and O–H groups in total. The summed E-state index contributed by atoms with van der Waals surface area (Å²) in [6.45, 7) is 8.33. The van der Waals surface area contributed by atoms with Crippen molar-refractivity contribution in [3.8, 4) is 0 Å². The first-order chi connectivity index (χ1) is 9.86. The highest BCUT2D eigenvalue weighted by atomic mass is 32.2. The van der Waals surface area contributed by atoms with E-state index in [4.69, 9.17) is 0 Å². The Morgan fingerprint density at radius 1 is 1.43 bits per heavy atom. The molecule has 1 aromatic rings. The van der Waals surface area contributed by atoms with Gasteiger partial charge in [0.15, 0.2) is 0 Å². The third-order valence-corrected chi connectivity index (χ3v) is 5.63. The molecule has 0 aromatic carbocycles. The van der Waals surface area contributed by atoms with Crippen molar-refractivity contribution in [1.29, 1.82) is 0 Å². The van der Waals surface area contributed by atoms with E-state index in [1.807, 2.05) is 18.5 Å². The zero-order valence-corrected chi connectivity index (χ0v) is 14.3. The van der Waals surface area contributed by atoms with Gasteiger partial charge in [0.25, 0.3) is 0 Å². The number of aryl methyl sites for hydroxylation is 1. The van der Waals surface area contributed by atoms with Crippen LogP contribution in [0.4, 0.5) is 0 Å². The van der Waals surface area contributed by atoms with E-state index in [2.05, 4.69) is 19.2 Å². The Bertz CT molecular complexity index is 574. The summed E-state index contributed by atoms with van der Waals surface area (Å²) in [5.74, 6) is 0.338. The third-order valence-electron chi connectivity index (χ3n) is 3.74. The maximum atomic E-state index is 12.9. The topological polar surface area (TPSA) is 54.3 Å². The van der Waals surface area contributed by atoms with E-state index >= 15 is 0 Å². The molecule has 0 radical (unpaired) electrons. The Hall–Kier alpha value is -0.850. The highest BCUT2D eigenvalue weighted by Gasteiger charge is 2.38. The van der Waals surface area contributed by atoms with Crippen LogP contribution in [0.1, 0.15) is 39.3 Å². The Balaban J connectivity index is 2.25. The molecule has 0 atom stereocenters. The van der Waals surface area contributed by atoms with Gasteiger partial charge in [-0.15, -0.1) is 0 Å². The molecule has 1 heterocycles. The molecule has 1 fully saturated rings. The van der Waals surface area contributed by atoms with Crippen molar-refractivity contribution < 1.29 is 8.42 Å².